The number of aromatic amines is 1. The number of aromatic nitrogens is 1. The van der Waals surface area contributed by atoms with Gasteiger partial charge in [0, 0.05) is 44.8 Å². The van der Waals surface area contributed by atoms with Gasteiger partial charge in [-0.15, -0.1) is 0 Å². The number of aryl methyl sites for hydroxylation is 1. The van der Waals surface area contributed by atoms with Crippen molar-refractivity contribution in [2.75, 3.05) is 26.2 Å². The molecule has 5 heteroatoms. The zero-order chi connectivity index (χ0) is 17.7. The van der Waals surface area contributed by atoms with Crippen molar-refractivity contribution >= 4 is 11.7 Å². The lowest BCUT2D eigenvalue weighted by molar-refractivity contribution is 0.0735. The van der Waals surface area contributed by atoms with Gasteiger partial charge < -0.3 is 9.88 Å². The van der Waals surface area contributed by atoms with Crippen LogP contribution < -0.4 is 0 Å². The number of ketones is 1. The molecule has 4 fully saturated rings. The molecule has 0 aromatic carbocycles. The highest BCUT2D eigenvalue weighted by molar-refractivity contribution is 6.02. The van der Waals surface area contributed by atoms with E-state index in [9.17, 15) is 9.59 Å². The summed E-state index contributed by atoms with van der Waals surface area (Å²) in [5.41, 5.74) is 2.91. The first-order valence-corrected chi connectivity index (χ1v) is 9.67. The molecule has 2 atom stereocenters. The molecule has 0 radical (unpaired) electrons. The lowest BCUT2D eigenvalue weighted by Crippen LogP contribution is -2.45. The van der Waals surface area contributed by atoms with Crippen LogP contribution in [0.2, 0.25) is 0 Å². The van der Waals surface area contributed by atoms with E-state index in [1.165, 1.54) is 32.2 Å². The third-order valence-electron chi connectivity index (χ3n) is 6.31. The maximum atomic E-state index is 13.3. The average Bonchev–Trinajstić information content (AvgIpc) is 3.36. The van der Waals surface area contributed by atoms with Gasteiger partial charge in [0.2, 0.25) is 0 Å². The maximum Gasteiger partial charge on any atom is 0.256 e. The number of nitrogens with zero attached hydrogens (tertiary/aromatic N) is 2. The van der Waals surface area contributed by atoms with Crippen LogP contribution in [0.4, 0.5) is 0 Å². The van der Waals surface area contributed by atoms with Crippen molar-refractivity contribution in [1.82, 2.24) is 14.8 Å². The van der Waals surface area contributed by atoms with Crippen LogP contribution in [0.15, 0.2) is 0 Å². The number of nitrogens with one attached hydrogen (secondary N) is 1. The number of Topliss-reactive ketones (excluding diaryl/α,β-unsaturated/α-hetero) is 1. The van der Waals surface area contributed by atoms with Crippen LogP contribution in [0.3, 0.4) is 0 Å². The molecule has 4 heterocycles. The lowest BCUT2D eigenvalue weighted by atomic mass is 9.95. The fourth-order valence-electron chi connectivity index (χ4n) is 4.78. The van der Waals surface area contributed by atoms with Crippen LogP contribution in [-0.2, 0) is 0 Å². The van der Waals surface area contributed by atoms with Gasteiger partial charge in [-0.3, -0.25) is 14.5 Å². The molecule has 1 N–H and O–H groups in total. The van der Waals surface area contributed by atoms with Gasteiger partial charge in [0.05, 0.1) is 11.3 Å². The van der Waals surface area contributed by atoms with Crippen LogP contribution in [0.1, 0.15) is 64.7 Å². The number of amides is 1. The van der Waals surface area contributed by atoms with E-state index in [0.717, 1.165) is 36.8 Å². The summed E-state index contributed by atoms with van der Waals surface area (Å²) in [6, 6.07) is 0.509. The summed E-state index contributed by atoms with van der Waals surface area (Å²) in [6.07, 6.45) is 5.21. The van der Waals surface area contributed by atoms with Crippen molar-refractivity contribution < 1.29 is 9.59 Å². The minimum atomic E-state index is -0.00815. The molecule has 1 saturated carbocycles. The van der Waals surface area contributed by atoms with E-state index in [4.69, 9.17) is 0 Å². The molecular formula is C20H29N3O2. The first kappa shape index (κ1) is 16.8. The Labute approximate surface area is 149 Å². The van der Waals surface area contributed by atoms with Crippen molar-refractivity contribution in [2.24, 2.45) is 11.8 Å². The molecule has 5 nitrogen and oxygen atoms in total. The van der Waals surface area contributed by atoms with Crippen molar-refractivity contribution in [2.45, 2.75) is 52.5 Å². The van der Waals surface area contributed by atoms with Gasteiger partial charge in [0.25, 0.3) is 5.91 Å². The van der Waals surface area contributed by atoms with Crippen LogP contribution in [0, 0.1) is 25.7 Å². The minimum absolute atomic E-state index is 0.00815. The number of carbonyl (C=O) groups is 2. The predicted molar refractivity (Wildman–Crippen MR) is 97.0 cm³/mol. The van der Waals surface area contributed by atoms with Crippen LogP contribution in [0.25, 0.3) is 0 Å². The van der Waals surface area contributed by atoms with Gasteiger partial charge in [0.1, 0.15) is 0 Å². The second-order valence-corrected chi connectivity index (χ2v) is 8.39. The second kappa shape index (κ2) is 6.27. The van der Waals surface area contributed by atoms with Crippen LogP contribution >= 0.6 is 0 Å². The predicted octanol–water partition coefficient (Wildman–Crippen LogP) is 2.78. The highest BCUT2D eigenvalue weighted by atomic mass is 16.2. The molecule has 1 amide bonds. The van der Waals surface area contributed by atoms with Gasteiger partial charge in [-0.2, -0.15) is 0 Å². The van der Waals surface area contributed by atoms with Crippen LogP contribution in [-0.4, -0.2) is 58.7 Å². The molecule has 1 aromatic rings. The van der Waals surface area contributed by atoms with Crippen molar-refractivity contribution in [1.29, 1.82) is 0 Å². The van der Waals surface area contributed by atoms with Crippen molar-refractivity contribution in [3.63, 3.8) is 0 Å². The van der Waals surface area contributed by atoms with E-state index >= 15 is 0 Å². The van der Waals surface area contributed by atoms with E-state index in [-0.39, 0.29) is 11.7 Å². The summed E-state index contributed by atoms with van der Waals surface area (Å²) in [7, 11) is 0. The molecule has 1 aromatic heterocycles. The summed E-state index contributed by atoms with van der Waals surface area (Å²) in [4.78, 5) is 32.9. The van der Waals surface area contributed by atoms with Crippen LogP contribution in [0.5, 0.6) is 0 Å². The van der Waals surface area contributed by atoms with Gasteiger partial charge in [-0.05, 0) is 56.9 Å². The lowest BCUT2D eigenvalue weighted by Gasteiger charge is -2.36. The fraction of sp³-hybridized carbons (Fsp3) is 0.700. The summed E-state index contributed by atoms with van der Waals surface area (Å²) >= 11 is 0. The molecule has 0 spiro atoms. The Morgan fingerprint density at radius 1 is 1.08 bits per heavy atom. The number of carbonyl (C=O) groups excluding carboxylic acids is 2. The molecule has 136 valence electrons. The molecule has 2 bridgehead atoms. The topological polar surface area (TPSA) is 56.4 Å². The zero-order valence-corrected chi connectivity index (χ0v) is 15.6. The Bertz CT molecular complexity index is 704. The Kier molecular flexibility index (Phi) is 4.22. The summed E-state index contributed by atoms with van der Waals surface area (Å²) < 4.78 is 0. The molecular weight excluding hydrogens is 314 g/mol. The smallest absolute Gasteiger partial charge is 0.256 e. The number of piperidine rings is 1. The summed E-state index contributed by atoms with van der Waals surface area (Å²) in [6.45, 7) is 9.40. The van der Waals surface area contributed by atoms with E-state index < -0.39 is 0 Å². The van der Waals surface area contributed by atoms with E-state index in [2.05, 4.69) is 14.8 Å². The summed E-state index contributed by atoms with van der Waals surface area (Å²) in [5.74, 6) is 1.58. The van der Waals surface area contributed by atoms with Gasteiger partial charge in [-0.25, -0.2) is 0 Å². The van der Waals surface area contributed by atoms with Crippen molar-refractivity contribution in [3.05, 3.63) is 22.5 Å². The van der Waals surface area contributed by atoms with Gasteiger partial charge in [-0.1, -0.05) is 0 Å². The third kappa shape index (κ3) is 3.14. The highest BCUT2D eigenvalue weighted by Gasteiger charge is 2.39. The molecule has 0 unspecified atom stereocenters. The molecule has 1 aliphatic carbocycles. The molecule has 3 saturated heterocycles. The number of hydrogen-bond acceptors (Lipinski definition) is 3. The molecule has 5 rings (SSSR count). The number of hydrogen-bond donors (Lipinski definition) is 1. The maximum absolute atomic E-state index is 13.3. The number of fused-ring (bicyclic) bond motifs is 4. The molecule has 4 aliphatic rings. The largest absolute Gasteiger partial charge is 0.355 e. The first-order valence-electron chi connectivity index (χ1n) is 9.67. The SMILES string of the molecule is CC(=O)c1[nH]c(C)c(C(=O)N2C[C@H]3CC[C@@H](C2)N(CC2CC2)C3)c1C. The summed E-state index contributed by atoms with van der Waals surface area (Å²) in [5, 5.41) is 0. The monoisotopic (exact) mass is 343 g/mol. The van der Waals surface area contributed by atoms with E-state index in [1.54, 1.807) is 6.92 Å². The fourth-order valence-corrected chi connectivity index (χ4v) is 4.78. The van der Waals surface area contributed by atoms with E-state index in [0.29, 0.717) is 23.2 Å². The molecule has 25 heavy (non-hydrogen) atoms. The standard InChI is InChI=1S/C20H29N3O2/c1-12-18(13(2)21-19(12)14(3)24)20(25)23-10-16-6-7-17(11-23)22(9-16)8-15-4-5-15/h15-17,21H,4-11H2,1-3H3/t16-,17-/m0/s1. The Morgan fingerprint density at radius 3 is 2.48 bits per heavy atom. The normalized spacial score (nSPS) is 26.8. The third-order valence-corrected chi connectivity index (χ3v) is 6.31. The first-order chi connectivity index (χ1) is 11.9. The zero-order valence-electron chi connectivity index (χ0n) is 15.6. The number of H-pyrrole nitrogens is 1. The minimum Gasteiger partial charge on any atom is -0.355 e. The Balaban J connectivity index is 1.56. The average molecular weight is 343 g/mol. The Morgan fingerprint density at radius 2 is 1.84 bits per heavy atom. The van der Waals surface area contributed by atoms with E-state index in [1.807, 2.05) is 13.8 Å². The second-order valence-electron chi connectivity index (χ2n) is 8.39. The highest BCUT2D eigenvalue weighted by Crippen LogP contribution is 2.35. The quantitative estimate of drug-likeness (QED) is 0.855. The molecule has 3 aliphatic heterocycles. The Hall–Kier alpha value is -1.62. The number of rotatable bonds is 4. The van der Waals surface area contributed by atoms with Gasteiger partial charge in [0.15, 0.2) is 5.78 Å². The van der Waals surface area contributed by atoms with Gasteiger partial charge >= 0.3 is 0 Å². The van der Waals surface area contributed by atoms with Crippen molar-refractivity contribution in [3.8, 4) is 0 Å².